The minimum absolute atomic E-state index is 0.442. The quantitative estimate of drug-likeness (QED) is 0.470. The van der Waals surface area contributed by atoms with Crippen LogP contribution in [0.1, 0.15) is 33.6 Å². The van der Waals surface area contributed by atoms with Crippen LogP contribution in [0.4, 0.5) is 0 Å². The van der Waals surface area contributed by atoms with Crippen LogP contribution in [0.2, 0.25) is 0 Å². The fraction of sp³-hybridized carbons (Fsp3) is 0.900. The van der Waals surface area contributed by atoms with E-state index in [1.165, 1.54) is 0 Å². The number of hydrogen-bond donors (Lipinski definition) is 3. The highest BCUT2D eigenvalue weighted by Gasteiger charge is 2.21. The van der Waals surface area contributed by atoms with E-state index in [4.69, 9.17) is 12.2 Å². The lowest BCUT2D eigenvalue weighted by Gasteiger charge is -2.26. The summed E-state index contributed by atoms with van der Waals surface area (Å²) in [6.07, 6.45) is 3.32. The minimum atomic E-state index is -3.20. The van der Waals surface area contributed by atoms with Crippen molar-refractivity contribution in [1.82, 2.24) is 15.4 Å². The fourth-order valence-electron chi connectivity index (χ4n) is 1.28. The third kappa shape index (κ3) is 10.5. The van der Waals surface area contributed by atoms with Crippen LogP contribution in [0, 0.1) is 0 Å². The lowest BCUT2D eigenvalue weighted by atomic mass is 10.1. The van der Waals surface area contributed by atoms with Gasteiger partial charge in [-0.05, 0) is 32.5 Å². The Morgan fingerprint density at radius 2 is 1.88 bits per heavy atom. The van der Waals surface area contributed by atoms with Gasteiger partial charge in [0.25, 0.3) is 0 Å². The van der Waals surface area contributed by atoms with E-state index < -0.39 is 15.6 Å². The summed E-state index contributed by atoms with van der Waals surface area (Å²) in [5.74, 6) is 0. The summed E-state index contributed by atoms with van der Waals surface area (Å²) in [7, 11) is -3.20. The van der Waals surface area contributed by atoms with Gasteiger partial charge in [0.2, 0.25) is 10.0 Å². The summed E-state index contributed by atoms with van der Waals surface area (Å²) in [4.78, 5) is 0. The average molecular weight is 281 g/mol. The van der Waals surface area contributed by atoms with E-state index in [9.17, 15) is 8.42 Å². The second kappa shape index (κ2) is 7.13. The molecule has 102 valence electrons. The summed E-state index contributed by atoms with van der Waals surface area (Å²) in [5.41, 5.74) is -0.565. The molecule has 0 aliphatic carbocycles. The zero-order valence-corrected chi connectivity index (χ0v) is 12.6. The van der Waals surface area contributed by atoms with Gasteiger partial charge in [0.1, 0.15) is 0 Å². The van der Waals surface area contributed by atoms with Crippen molar-refractivity contribution in [3.05, 3.63) is 0 Å². The lowest BCUT2D eigenvalue weighted by molar-refractivity contribution is 0.448. The standard InChI is InChI=1S/C10H23N3O2S2/c1-5-6-7-11-9(16)12-8-10(2,3)13-17(4,14)15/h13H,5-8H2,1-4H3,(H2,11,12,16). The first-order chi connectivity index (χ1) is 7.66. The number of thiocarbonyl (C=S) groups is 1. The van der Waals surface area contributed by atoms with E-state index in [2.05, 4.69) is 22.3 Å². The lowest BCUT2D eigenvalue weighted by Crippen LogP contribution is -2.52. The van der Waals surface area contributed by atoms with Gasteiger partial charge in [-0.2, -0.15) is 0 Å². The Balaban J connectivity index is 3.97. The van der Waals surface area contributed by atoms with Crippen molar-refractivity contribution in [3.63, 3.8) is 0 Å². The van der Waals surface area contributed by atoms with Gasteiger partial charge in [0.05, 0.1) is 6.26 Å². The van der Waals surface area contributed by atoms with Crippen LogP contribution < -0.4 is 15.4 Å². The molecule has 0 radical (unpaired) electrons. The van der Waals surface area contributed by atoms with Crippen LogP contribution in [-0.4, -0.2) is 38.4 Å². The molecule has 0 aliphatic rings. The first-order valence-electron chi connectivity index (χ1n) is 5.67. The van der Waals surface area contributed by atoms with Crippen molar-refractivity contribution < 1.29 is 8.42 Å². The molecule has 0 aromatic rings. The Morgan fingerprint density at radius 1 is 1.29 bits per heavy atom. The maximum absolute atomic E-state index is 11.1. The second-order valence-corrected chi connectivity index (χ2v) is 6.88. The Kier molecular flexibility index (Phi) is 6.96. The van der Waals surface area contributed by atoms with E-state index in [-0.39, 0.29) is 0 Å². The molecule has 0 atom stereocenters. The van der Waals surface area contributed by atoms with Crippen LogP contribution in [0.3, 0.4) is 0 Å². The molecule has 7 heteroatoms. The summed E-state index contributed by atoms with van der Waals surface area (Å²) in [6.45, 7) is 6.99. The van der Waals surface area contributed by atoms with Gasteiger partial charge in [-0.25, -0.2) is 13.1 Å². The number of sulfonamides is 1. The summed E-state index contributed by atoms with van der Waals surface area (Å²) < 4.78 is 24.8. The summed E-state index contributed by atoms with van der Waals surface area (Å²) in [5, 5.41) is 6.62. The summed E-state index contributed by atoms with van der Waals surface area (Å²) >= 11 is 5.08. The molecular formula is C10H23N3O2S2. The van der Waals surface area contributed by atoms with Crippen molar-refractivity contribution in [1.29, 1.82) is 0 Å². The van der Waals surface area contributed by atoms with Crippen LogP contribution in [0.15, 0.2) is 0 Å². The molecule has 0 bridgehead atoms. The third-order valence-corrected chi connectivity index (χ3v) is 3.18. The number of unbranched alkanes of at least 4 members (excludes halogenated alkanes) is 1. The fourth-order valence-corrected chi connectivity index (χ4v) is 2.53. The molecule has 0 saturated carbocycles. The van der Waals surface area contributed by atoms with E-state index >= 15 is 0 Å². The number of rotatable bonds is 7. The predicted molar refractivity (Wildman–Crippen MR) is 75.6 cm³/mol. The summed E-state index contributed by atoms with van der Waals surface area (Å²) in [6, 6.07) is 0. The third-order valence-electron chi connectivity index (χ3n) is 1.97. The minimum Gasteiger partial charge on any atom is -0.363 e. The van der Waals surface area contributed by atoms with Crippen LogP contribution >= 0.6 is 12.2 Å². The highest BCUT2D eigenvalue weighted by molar-refractivity contribution is 7.88. The van der Waals surface area contributed by atoms with Crippen LogP contribution in [0.5, 0.6) is 0 Å². The van der Waals surface area contributed by atoms with E-state index in [0.29, 0.717) is 11.7 Å². The van der Waals surface area contributed by atoms with E-state index in [0.717, 1.165) is 25.6 Å². The molecule has 0 aromatic heterocycles. The van der Waals surface area contributed by atoms with E-state index in [1.54, 1.807) is 13.8 Å². The Hall–Kier alpha value is -0.400. The molecule has 0 amide bonds. The van der Waals surface area contributed by atoms with Gasteiger partial charge in [-0.15, -0.1) is 0 Å². The van der Waals surface area contributed by atoms with Gasteiger partial charge in [-0.1, -0.05) is 13.3 Å². The zero-order chi connectivity index (χ0) is 13.5. The number of hydrogen-bond acceptors (Lipinski definition) is 3. The molecule has 0 aromatic carbocycles. The van der Waals surface area contributed by atoms with E-state index in [1.807, 2.05) is 0 Å². The molecule has 0 heterocycles. The Bertz CT molecular complexity index is 339. The average Bonchev–Trinajstić information content (AvgIpc) is 2.12. The van der Waals surface area contributed by atoms with Crippen molar-refractivity contribution in [2.45, 2.75) is 39.2 Å². The molecule has 0 aliphatic heterocycles. The molecule has 0 unspecified atom stereocenters. The van der Waals surface area contributed by atoms with Gasteiger partial charge >= 0.3 is 0 Å². The zero-order valence-electron chi connectivity index (χ0n) is 11.0. The van der Waals surface area contributed by atoms with Crippen LogP contribution in [0.25, 0.3) is 0 Å². The predicted octanol–water partition coefficient (Wildman–Crippen LogP) is 0.578. The second-order valence-electron chi connectivity index (χ2n) is 4.72. The van der Waals surface area contributed by atoms with Crippen molar-refractivity contribution in [2.75, 3.05) is 19.3 Å². The molecule has 3 N–H and O–H groups in total. The maximum atomic E-state index is 11.1. The molecule has 5 nitrogen and oxygen atoms in total. The maximum Gasteiger partial charge on any atom is 0.209 e. The van der Waals surface area contributed by atoms with Gasteiger partial charge in [-0.3, -0.25) is 0 Å². The SMILES string of the molecule is CCCCNC(=S)NCC(C)(C)NS(C)(=O)=O. The Morgan fingerprint density at radius 3 is 2.35 bits per heavy atom. The van der Waals surface area contributed by atoms with Gasteiger partial charge in [0.15, 0.2) is 5.11 Å². The molecule has 0 fully saturated rings. The number of nitrogens with one attached hydrogen (secondary N) is 3. The first-order valence-corrected chi connectivity index (χ1v) is 7.97. The normalized spacial score (nSPS) is 12.2. The molecule has 0 saturated heterocycles. The highest BCUT2D eigenvalue weighted by atomic mass is 32.2. The van der Waals surface area contributed by atoms with Crippen molar-refractivity contribution in [2.24, 2.45) is 0 Å². The van der Waals surface area contributed by atoms with Gasteiger partial charge < -0.3 is 10.6 Å². The monoisotopic (exact) mass is 281 g/mol. The molecular weight excluding hydrogens is 258 g/mol. The van der Waals surface area contributed by atoms with Crippen molar-refractivity contribution in [3.8, 4) is 0 Å². The van der Waals surface area contributed by atoms with Crippen molar-refractivity contribution >= 4 is 27.4 Å². The molecule has 0 rings (SSSR count). The molecule has 17 heavy (non-hydrogen) atoms. The smallest absolute Gasteiger partial charge is 0.209 e. The largest absolute Gasteiger partial charge is 0.363 e. The first kappa shape index (κ1) is 16.6. The molecule has 0 spiro atoms. The van der Waals surface area contributed by atoms with Gasteiger partial charge in [0, 0.05) is 18.6 Å². The highest BCUT2D eigenvalue weighted by Crippen LogP contribution is 2.01. The van der Waals surface area contributed by atoms with Crippen LogP contribution in [-0.2, 0) is 10.0 Å². The Labute approximate surface area is 110 Å². The topological polar surface area (TPSA) is 70.2 Å².